The first kappa shape index (κ1) is 41.3. The van der Waals surface area contributed by atoms with Crippen molar-refractivity contribution in [1.82, 2.24) is 35.4 Å². The van der Waals surface area contributed by atoms with E-state index < -0.39 is 17.7 Å². The number of halogens is 2. The van der Waals surface area contributed by atoms with Crippen molar-refractivity contribution in [1.29, 1.82) is 0 Å². The number of fused-ring (bicyclic) bond motifs is 5. The number of phenolic OH excluding ortho intramolecular Hbond substituents is 1. The van der Waals surface area contributed by atoms with Crippen LogP contribution in [0.3, 0.4) is 0 Å². The number of amides is 2. The Labute approximate surface area is 374 Å². The molecular formula is C49H49F2N9O5. The van der Waals surface area contributed by atoms with Gasteiger partial charge in [0, 0.05) is 117 Å². The van der Waals surface area contributed by atoms with Crippen LogP contribution in [0.2, 0.25) is 0 Å². The van der Waals surface area contributed by atoms with Gasteiger partial charge >= 0.3 is 6.01 Å². The number of nitrogens with zero attached hydrogens (tertiary/aromatic N) is 7. The van der Waals surface area contributed by atoms with Gasteiger partial charge < -0.3 is 44.9 Å². The number of hydrogen-bond donors (Lipinski definition) is 3. The maximum absolute atomic E-state index is 17.1. The highest BCUT2D eigenvalue weighted by Gasteiger charge is 2.55. The third-order valence-corrected chi connectivity index (χ3v) is 14.6. The van der Waals surface area contributed by atoms with Crippen molar-refractivity contribution in [2.75, 3.05) is 69.3 Å². The van der Waals surface area contributed by atoms with Crippen molar-refractivity contribution in [3.63, 3.8) is 0 Å². The van der Waals surface area contributed by atoms with Gasteiger partial charge in [0.05, 0.1) is 23.6 Å². The van der Waals surface area contributed by atoms with Gasteiger partial charge in [-0.1, -0.05) is 12.0 Å². The number of hydrogen-bond acceptors (Lipinski definition) is 12. The molecule has 11 rings (SSSR count). The smallest absolute Gasteiger partial charge is 0.319 e. The van der Waals surface area contributed by atoms with E-state index in [0.29, 0.717) is 48.4 Å². The highest BCUT2D eigenvalue weighted by atomic mass is 19.1. The third-order valence-electron chi connectivity index (χ3n) is 14.6. The summed E-state index contributed by atoms with van der Waals surface area (Å²) in [7, 11) is 1.55. The fourth-order valence-electron chi connectivity index (χ4n) is 11.1. The van der Waals surface area contributed by atoms with E-state index in [1.165, 1.54) is 24.3 Å². The first-order valence-electron chi connectivity index (χ1n) is 22.4. The molecule has 1 spiro atoms. The summed E-state index contributed by atoms with van der Waals surface area (Å²) in [6.07, 6.45) is 12.6. The van der Waals surface area contributed by atoms with E-state index >= 15 is 8.78 Å². The lowest BCUT2D eigenvalue weighted by atomic mass is 9.72. The Morgan fingerprint density at radius 1 is 1.06 bits per heavy atom. The number of phenols is 1. The number of aromatic hydroxyl groups is 1. The molecular weight excluding hydrogens is 833 g/mol. The Hall–Kier alpha value is -6.44. The molecule has 5 aromatic rings. The molecule has 5 aliphatic heterocycles. The van der Waals surface area contributed by atoms with Gasteiger partial charge in [0.2, 0.25) is 5.91 Å². The summed E-state index contributed by atoms with van der Waals surface area (Å²) >= 11 is 0. The van der Waals surface area contributed by atoms with Crippen LogP contribution >= 0.6 is 0 Å². The molecule has 3 N–H and O–H groups in total. The molecule has 0 radical (unpaired) electrons. The fourth-order valence-corrected chi connectivity index (χ4v) is 11.1. The number of pyridine rings is 1. The topological polar surface area (TPSA) is 156 Å². The molecule has 16 heteroatoms. The van der Waals surface area contributed by atoms with Crippen LogP contribution in [-0.4, -0.2) is 126 Å². The number of aldehydes is 1. The van der Waals surface area contributed by atoms with Crippen LogP contribution in [-0.2, 0) is 16.1 Å². The minimum atomic E-state index is -0.744. The second-order valence-electron chi connectivity index (χ2n) is 19.2. The molecule has 334 valence electrons. The lowest BCUT2D eigenvalue weighted by Gasteiger charge is -2.61. The number of anilines is 2. The van der Waals surface area contributed by atoms with Gasteiger partial charge in [0.1, 0.15) is 34.9 Å². The van der Waals surface area contributed by atoms with E-state index in [4.69, 9.17) is 16.1 Å². The molecule has 1 aliphatic carbocycles. The molecule has 3 unspecified atom stereocenters. The monoisotopic (exact) mass is 881 g/mol. The molecule has 4 saturated heterocycles. The predicted molar refractivity (Wildman–Crippen MR) is 240 cm³/mol. The van der Waals surface area contributed by atoms with Crippen molar-refractivity contribution in [3.05, 3.63) is 77.0 Å². The molecule has 65 heavy (non-hydrogen) atoms. The largest absolute Gasteiger partial charge is 0.508 e. The molecule has 2 aromatic heterocycles. The Morgan fingerprint density at radius 2 is 1.85 bits per heavy atom. The SMILES string of the molecule is C#Cc1c(F)ccc2cc(O)cc(-c3ncc4c(N5CC6CCC(C5)N6)nc(OCC5(CN6CC7(C6)CN(c6ccc8c(c6)CN(C(C=O)CCC(=O)NC)C8=O)C7)CC5)nc4c3F)c12. The molecule has 14 nitrogen and oxygen atoms in total. The number of aromatic nitrogens is 3. The number of nitrogens with one attached hydrogen (secondary N) is 2. The third kappa shape index (κ3) is 7.25. The first-order chi connectivity index (χ1) is 31.4. The van der Waals surface area contributed by atoms with Crippen molar-refractivity contribution in [2.24, 2.45) is 10.8 Å². The number of terminal acetylenes is 1. The number of piperazine rings is 1. The molecule has 2 bridgehead atoms. The van der Waals surface area contributed by atoms with E-state index in [0.717, 1.165) is 75.9 Å². The zero-order valence-corrected chi connectivity index (χ0v) is 36.1. The van der Waals surface area contributed by atoms with Crippen LogP contribution in [0.5, 0.6) is 11.8 Å². The average molecular weight is 882 g/mol. The Bertz CT molecular complexity index is 2840. The summed E-state index contributed by atoms with van der Waals surface area (Å²) in [4.78, 5) is 59.7. The molecule has 2 amide bonds. The van der Waals surface area contributed by atoms with E-state index in [2.05, 4.69) is 47.3 Å². The molecule has 3 aromatic carbocycles. The normalized spacial score (nSPS) is 21.8. The zero-order chi connectivity index (χ0) is 44.8. The number of likely N-dealkylation sites (tertiary alicyclic amines) is 1. The van der Waals surface area contributed by atoms with Gasteiger partial charge in [-0.3, -0.25) is 14.6 Å². The number of carbonyl (C=O) groups is 3. The summed E-state index contributed by atoms with van der Waals surface area (Å²) < 4.78 is 38.5. The lowest BCUT2D eigenvalue weighted by molar-refractivity contribution is -0.121. The highest BCUT2D eigenvalue weighted by Crippen LogP contribution is 2.51. The standard InChI is InChI=1S/C49H49F2N9O5/c1-3-35-39(50)10-4-28-15-34(62)16-37(41(28)35)43-42(51)44-38(17-53-43)45(58-19-30-5-6-31(20-58)54-30)56-47(55-44)65-27-48(12-13-48)22-57-23-49(24-57)25-59(26-49)32-7-9-36-29(14-32)18-60(46(36)64)33(21-61)8-11-40(63)52-2/h1,4,7,9-10,14-17,21,30-31,33,54,62H,5-6,8,11-13,18-20,22-27H2,2H3,(H,52,63). The summed E-state index contributed by atoms with van der Waals surface area (Å²) in [5.74, 6) is 1.09. The summed E-state index contributed by atoms with van der Waals surface area (Å²) in [6, 6.07) is 11.4. The summed E-state index contributed by atoms with van der Waals surface area (Å²) in [6.45, 7) is 6.73. The quantitative estimate of drug-likeness (QED) is 0.110. The molecule has 3 atom stereocenters. The molecule has 7 heterocycles. The van der Waals surface area contributed by atoms with Gasteiger partial charge in [-0.05, 0) is 79.5 Å². The number of rotatable bonds is 13. The Morgan fingerprint density at radius 3 is 2.57 bits per heavy atom. The number of carbonyl (C=O) groups excluding carboxylic acids is 3. The Kier molecular flexibility index (Phi) is 9.92. The van der Waals surface area contributed by atoms with Crippen molar-refractivity contribution in [2.45, 2.75) is 63.2 Å². The summed E-state index contributed by atoms with van der Waals surface area (Å²) in [5, 5.41) is 18.0. The van der Waals surface area contributed by atoms with Crippen LogP contribution in [0, 0.1) is 34.8 Å². The van der Waals surface area contributed by atoms with E-state index in [1.54, 1.807) is 18.1 Å². The van der Waals surface area contributed by atoms with E-state index in [1.807, 2.05) is 12.1 Å². The molecule has 1 saturated carbocycles. The van der Waals surface area contributed by atoms with Crippen LogP contribution in [0.25, 0.3) is 32.9 Å². The lowest BCUT2D eigenvalue weighted by Crippen LogP contribution is -2.72. The second-order valence-corrected chi connectivity index (χ2v) is 19.2. The van der Waals surface area contributed by atoms with Crippen LogP contribution in [0.15, 0.2) is 48.7 Å². The number of ether oxygens (including phenoxy) is 1. The van der Waals surface area contributed by atoms with E-state index in [-0.39, 0.29) is 87.1 Å². The van der Waals surface area contributed by atoms with Gasteiger partial charge in [0.15, 0.2) is 5.82 Å². The minimum absolute atomic E-state index is 0.0235. The second kappa shape index (κ2) is 15.6. The fraction of sp³-hybridized carbons (Fsp3) is 0.429. The predicted octanol–water partition coefficient (Wildman–Crippen LogP) is 4.78. The maximum atomic E-state index is 17.1. The van der Waals surface area contributed by atoms with Crippen molar-refractivity contribution < 1.29 is 33.0 Å². The van der Waals surface area contributed by atoms with Crippen molar-refractivity contribution in [3.8, 4) is 35.4 Å². The minimum Gasteiger partial charge on any atom is -0.508 e. The molecule has 5 fully saturated rings. The van der Waals surface area contributed by atoms with E-state index in [9.17, 15) is 19.5 Å². The van der Waals surface area contributed by atoms with Crippen LogP contribution in [0.1, 0.15) is 60.0 Å². The highest BCUT2D eigenvalue weighted by molar-refractivity contribution is 6.03. The van der Waals surface area contributed by atoms with Crippen LogP contribution < -0.4 is 25.2 Å². The number of benzene rings is 3. The molecule has 6 aliphatic rings. The Balaban J connectivity index is 0.781. The van der Waals surface area contributed by atoms with Crippen molar-refractivity contribution >= 4 is 51.3 Å². The van der Waals surface area contributed by atoms with Gasteiger partial charge in [0.25, 0.3) is 5.91 Å². The van der Waals surface area contributed by atoms with Gasteiger partial charge in [-0.15, -0.1) is 6.42 Å². The zero-order valence-electron chi connectivity index (χ0n) is 36.1. The van der Waals surface area contributed by atoms with Gasteiger partial charge in [-0.2, -0.15) is 9.97 Å². The first-order valence-corrected chi connectivity index (χ1v) is 22.4. The average Bonchev–Trinajstić information content (AvgIpc) is 3.87. The van der Waals surface area contributed by atoms with Gasteiger partial charge in [-0.25, -0.2) is 8.78 Å². The maximum Gasteiger partial charge on any atom is 0.319 e. The van der Waals surface area contributed by atoms with Crippen LogP contribution in [0.4, 0.5) is 20.3 Å². The summed E-state index contributed by atoms with van der Waals surface area (Å²) in [5.41, 5.74) is 2.70.